The van der Waals surface area contributed by atoms with Gasteiger partial charge in [0.05, 0.1) is 11.5 Å². The Morgan fingerprint density at radius 1 is 1.12 bits per heavy atom. The molecule has 1 atom stereocenters. The lowest BCUT2D eigenvalue weighted by molar-refractivity contribution is -0.138. The lowest BCUT2D eigenvalue weighted by Crippen LogP contribution is -2.27. The molecule has 2 aromatic rings. The summed E-state index contributed by atoms with van der Waals surface area (Å²) < 4.78 is 40.0. The molecule has 1 amide bonds. The van der Waals surface area contributed by atoms with Crippen molar-refractivity contribution >= 4 is 23.5 Å². The van der Waals surface area contributed by atoms with Gasteiger partial charge >= 0.3 is 6.18 Å². The van der Waals surface area contributed by atoms with Crippen molar-refractivity contribution < 1.29 is 18.0 Å². The molecular weight excluding hydrogens is 355 g/mol. The van der Waals surface area contributed by atoms with Gasteiger partial charge in [0.1, 0.15) is 0 Å². The number of carbonyl (C=O) groups is 1. The minimum atomic E-state index is -4.61. The van der Waals surface area contributed by atoms with Crippen molar-refractivity contribution in [2.24, 2.45) is 16.5 Å². The van der Waals surface area contributed by atoms with Crippen LogP contribution in [0.25, 0.3) is 0 Å². The minimum Gasteiger partial charge on any atom is -0.370 e. The van der Waals surface area contributed by atoms with Gasteiger partial charge in [-0.1, -0.05) is 41.9 Å². The predicted molar refractivity (Wildman–Crippen MR) is 90.2 cm³/mol. The van der Waals surface area contributed by atoms with Crippen LogP contribution in [0.1, 0.15) is 22.6 Å². The second kappa shape index (κ2) is 7.57. The number of carbonyl (C=O) groups excluding carboxylic acids is 1. The van der Waals surface area contributed by atoms with Crippen molar-refractivity contribution in [3.05, 3.63) is 70.2 Å². The molecule has 0 heterocycles. The largest absolute Gasteiger partial charge is 0.416 e. The summed E-state index contributed by atoms with van der Waals surface area (Å²) in [7, 11) is 0. The van der Waals surface area contributed by atoms with Crippen LogP contribution in [-0.4, -0.2) is 11.9 Å². The Balaban J connectivity index is 2.53. The molecule has 25 heavy (non-hydrogen) atoms. The van der Waals surface area contributed by atoms with Crippen LogP contribution in [-0.2, 0) is 17.4 Å². The van der Waals surface area contributed by atoms with E-state index in [9.17, 15) is 18.0 Å². The van der Waals surface area contributed by atoms with Crippen LogP contribution in [0, 0.1) is 0 Å². The van der Waals surface area contributed by atoms with Gasteiger partial charge in [-0.05, 0) is 35.7 Å². The topological polar surface area (TPSA) is 81.5 Å². The highest BCUT2D eigenvalue weighted by molar-refractivity contribution is 6.30. The molecule has 4 N–H and O–H groups in total. The van der Waals surface area contributed by atoms with E-state index in [-0.39, 0.29) is 12.0 Å². The van der Waals surface area contributed by atoms with Crippen LogP contribution in [0.2, 0.25) is 5.02 Å². The molecule has 4 nitrogen and oxygen atoms in total. The second-order valence-corrected chi connectivity index (χ2v) is 5.78. The van der Waals surface area contributed by atoms with E-state index in [1.54, 1.807) is 24.3 Å². The highest BCUT2D eigenvalue weighted by Crippen LogP contribution is 2.36. The normalized spacial score (nSPS) is 12.5. The molecule has 2 aromatic carbocycles. The standard InChI is InChI=1S/C17H15ClF3N3O/c18-11-5-3-4-10(8-11)9-13(15(25)24-16(22)23)12-6-1-2-7-14(12)17(19,20)21/h1-8,13H,9H2,(H4,22,23,24,25). The van der Waals surface area contributed by atoms with Gasteiger partial charge in [-0.15, -0.1) is 0 Å². The quantitative estimate of drug-likeness (QED) is 0.639. The Morgan fingerprint density at radius 2 is 1.80 bits per heavy atom. The van der Waals surface area contributed by atoms with Crippen molar-refractivity contribution in [2.75, 3.05) is 0 Å². The van der Waals surface area contributed by atoms with Crippen molar-refractivity contribution in [1.29, 1.82) is 0 Å². The summed E-state index contributed by atoms with van der Waals surface area (Å²) in [6, 6.07) is 11.4. The van der Waals surface area contributed by atoms with E-state index >= 15 is 0 Å². The van der Waals surface area contributed by atoms with Gasteiger partial charge in [-0.25, -0.2) is 0 Å². The highest BCUT2D eigenvalue weighted by atomic mass is 35.5. The Labute approximate surface area is 147 Å². The van der Waals surface area contributed by atoms with E-state index in [1.165, 1.54) is 18.2 Å². The molecular formula is C17H15ClF3N3O. The number of nitrogens with two attached hydrogens (primary N) is 2. The fourth-order valence-electron chi connectivity index (χ4n) is 2.49. The van der Waals surface area contributed by atoms with Crippen LogP contribution in [0.5, 0.6) is 0 Å². The van der Waals surface area contributed by atoms with E-state index in [0.717, 1.165) is 6.07 Å². The van der Waals surface area contributed by atoms with Gasteiger partial charge in [0, 0.05) is 5.02 Å². The molecule has 132 valence electrons. The van der Waals surface area contributed by atoms with Crippen LogP contribution in [0.15, 0.2) is 53.5 Å². The maximum absolute atomic E-state index is 13.3. The fraction of sp³-hybridized carbons (Fsp3) is 0.176. The summed E-state index contributed by atoms with van der Waals surface area (Å²) in [6.45, 7) is 0. The zero-order valence-electron chi connectivity index (χ0n) is 12.9. The molecule has 2 rings (SSSR count). The number of hydrogen-bond acceptors (Lipinski definition) is 1. The summed E-state index contributed by atoms with van der Waals surface area (Å²) in [5.41, 5.74) is 9.93. The molecule has 0 radical (unpaired) electrons. The van der Waals surface area contributed by atoms with Crippen molar-refractivity contribution in [1.82, 2.24) is 0 Å². The molecule has 0 fully saturated rings. The van der Waals surface area contributed by atoms with Crippen LogP contribution < -0.4 is 11.5 Å². The average Bonchev–Trinajstić information content (AvgIpc) is 2.51. The number of amides is 1. The van der Waals surface area contributed by atoms with Gasteiger partial charge in [-0.2, -0.15) is 18.2 Å². The van der Waals surface area contributed by atoms with E-state index in [2.05, 4.69) is 4.99 Å². The molecule has 1 unspecified atom stereocenters. The molecule has 0 aliphatic heterocycles. The summed E-state index contributed by atoms with van der Waals surface area (Å²) in [4.78, 5) is 15.8. The first-order valence-corrected chi connectivity index (χ1v) is 7.60. The number of halogens is 4. The second-order valence-electron chi connectivity index (χ2n) is 5.35. The predicted octanol–water partition coefficient (Wildman–Crippen LogP) is 3.49. The first kappa shape index (κ1) is 18.8. The number of benzene rings is 2. The number of guanidine groups is 1. The zero-order chi connectivity index (χ0) is 18.6. The third kappa shape index (κ3) is 4.96. The van der Waals surface area contributed by atoms with Crippen molar-refractivity contribution in [3.8, 4) is 0 Å². The number of aliphatic imine (C=N–C) groups is 1. The first-order chi connectivity index (χ1) is 11.7. The fourth-order valence-corrected chi connectivity index (χ4v) is 2.71. The zero-order valence-corrected chi connectivity index (χ0v) is 13.7. The molecule has 0 aliphatic rings. The molecule has 0 aliphatic carbocycles. The average molecular weight is 370 g/mol. The minimum absolute atomic E-state index is 0.0245. The molecule has 0 saturated heterocycles. The van der Waals surface area contributed by atoms with E-state index < -0.39 is 29.5 Å². The van der Waals surface area contributed by atoms with Gasteiger partial charge in [0.15, 0.2) is 5.96 Å². The Hall–Kier alpha value is -2.54. The summed E-state index contributed by atoms with van der Waals surface area (Å²) in [6.07, 6.45) is -4.63. The molecule has 0 spiro atoms. The van der Waals surface area contributed by atoms with Crippen LogP contribution in [0.3, 0.4) is 0 Å². The van der Waals surface area contributed by atoms with E-state index in [0.29, 0.717) is 10.6 Å². The third-order valence-electron chi connectivity index (χ3n) is 3.51. The molecule has 0 bridgehead atoms. The van der Waals surface area contributed by atoms with E-state index in [4.69, 9.17) is 23.1 Å². The Kier molecular flexibility index (Phi) is 5.69. The molecule has 8 heteroatoms. The highest BCUT2D eigenvalue weighted by Gasteiger charge is 2.36. The summed E-state index contributed by atoms with van der Waals surface area (Å²) >= 11 is 5.91. The Morgan fingerprint density at radius 3 is 2.40 bits per heavy atom. The number of nitrogens with zero attached hydrogens (tertiary/aromatic N) is 1. The smallest absolute Gasteiger partial charge is 0.370 e. The summed E-state index contributed by atoms with van der Waals surface area (Å²) in [5.74, 6) is -2.55. The first-order valence-electron chi connectivity index (χ1n) is 7.22. The number of alkyl halides is 3. The van der Waals surface area contributed by atoms with Crippen LogP contribution >= 0.6 is 11.6 Å². The molecule has 0 aromatic heterocycles. The summed E-state index contributed by atoms with van der Waals surface area (Å²) in [5, 5.41) is 0.412. The SMILES string of the molecule is NC(N)=NC(=O)C(Cc1cccc(Cl)c1)c1ccccc1C(F)(F)F. The van der Waals surface area contributed by atoms with E-state index in [1.807, 2.05) is 0 Å². The van der Waals surface area contributed by atoms with Crippen molar-refractivity contribution in [3.63, 3.8) is 0 Å². The van der Waals surface area contributed by atoms with Crippen molar-refractivity contribution in [2.45, 2.75) is 18.5 Å². The monoisotopic (exact) mass is 369 g/mol. The van der Waals surface area contributed by atoms with Gasteiger partial charge in [-0.3, -0.25) is 4.79 Å². The Bertz CT molecular complexity index is 802. The maximum Gasteiger partial charge on any atom is 0.416 e. The van der Waals surface area contributed by atoms with Gasteiger partial charge in [0.2, 0.25) is 0 Å². The number of rotatable bonds is 4. The maximum atomic E-state index is 13.3. The van der Waals surface area contributed by atoms with Gasteiger partial charge in [0.25, 0.3) is 5.91 Å². The lowest BCUT2D eigenvalue weighted by Gasteiger charge is -2.19. The lowest BCUT2D eigenvalue weighted by atomic mass is 9.88. The number of hydrogen-bond donors (Lipinski definition) is 2. The molecule has 0 saturated carbocycles. The van der Waals surface area contributed by atoms with Gasteiger partial charge < -0.3 is 11.5 Å². The third-order valence-corrected chi connectivity index (χ3v) is 3.74. The van der Waals surface area contributed by atoms with Crippen LogP contribution in [0.4, 0.5) is 13.2 Å².